The number of aryl methyl sites for hydroxylation is 2. The van der Waals surface area contributed by atoms with Crippen LogP contribution in [-0.4, -0.2) is 36.1 Å². The van der Waals surface area contributed by atoms with E-state index in [1.54, 1.807) is 18.4 Å². The van der Waals surface area contributed by atoms with E-state index < -0.39 is 0 Å². The molecule has 2 aromatic rings. The van der Waals surface area contributed by atoms with Gasteiger partial charge < -0.3 is 10.6 Å². The Morgan fingerprint density at radius 1 is 1.18 bits per heavy atom. The Balaban J connectivity index is 1.70. The third-order valence-electron chi connectivity index (χ3n) is 3.35. The maximum atomic E-state index is 4.36. The van der Waals surface area contributed by atoms with E-state index in [4.69, 9.17) is 0 Å². The standard InChI is InChI=1S/C16H23N5S/c1-12-10-18-7-4-14(12)5-8-19-16(17-3)20-9-6-15-21-11-13(2)22-15/h4,7,10-11H,5-6,8-9H2,1-3H3,(H2,17,19,20). The summed E-state index contributed by atoms with van der Waals surface area (Å²) in [6.45, 7) is 5.85. The summed E-state index contributed by atoms with van der Waals surface area (Å²) >= 11 is 1.75. The van der Waals surface area contributed by atoms with Crippen molar-refractivity contribution in [3.8, 4) is 0 Å². The quantitative estimate of drug-likeness (QED) is 0.633. The molecule has 0 radical (unpaired) electrons. The zero-order chi connectivity index (χ0) is 15.8. The van der Waals surface area contributed by atoms with Gasteiger partial charge in [0.05, 0.1) is 5.01 Å². The van der Waals surface area contributed by atoms with E-state index in [-0.39, 0.29) is 0 Å². The van der Waals surface area contributed by atoms with Gasteiger partial charge in [0.25, 0.3) is 0 Å². The van der Waals surface area contributed by atoms with Gasteiger partial charge in [-0.15, -0.1) is 11.3 Å². The zero-order valence-corrected chi connectivity index (χ0v) is 14.2. The van der Waals surface area contributed by atoms with Crippen LogP contribution < -0.4 is 10.6 Å². The number of nitrogens with zero attached hydrogens (tertiary/aromatic N) is 3. The first-order chi connectivity index (χ1) is 10.7. The lowest BCUT2D eigenvalue weighted by Crippen LogP contribution is -2.39. The summed E-state index contributed by atoms with van der Waals surface area (Å²) in [5.74, 6) is 0.833. The Morgan fingerprint density at radius 3 is 2.59 bits per heavy atom. The normalized spacial score (nSPS) is 11.5. The van der Waals surface area contributed by atoms with Gasteiger partial charge in [-0.05, 0) is 37.5 Å². The lowest BCUT2D eigenvalue weighted by atomic mass is 10.1. The number of thiazole rings is 1. The van der Waals surface area contributed by atoms with Crippen LogP contribution in [0.5, 0.6) is 0 Å². The largest absolute Gasteiger partial charge is 0.356 e. The predicted octanol–water partition coefficient (Wildman–Crippen LogP) is 2.11. The third-order valence-corrected chi connectivity index (χ3v) is 4.32. The summed E-state index contributed by atoms with van der Waals surface area (Å²) in [6.07, 6.45) is 7.54. The van der Waals surface area contributed by atoms with Crippen molar-refractivity contribution in [2.24, 2.45) is 4.99 Å². The fourth-order valence-corrected chi connectivity index (χ4v) is 2.91. The minimum Gasteiger partial charge on any atom is -0.356 e. The van der Waals surface area contributed by atoms with Crippen molar-refractivity contribution in [2.75, 3.05) is 20.1 Å². The maximum absolute atomic E-state index is 4.36. The molecule has 0 spiro atoms. The van der Waals surface area contributed by atoms with E-state index in [1.165, 1.54) is 16.0 Å². The number of hydrogen-bond donors (Lipinski definition) is 2. The third kappa shape index (κ3) is 5.11. The van der Waals surface area contributed by atoms with Gasteiger partial charge in [-0.1, -0.05) is 0 Å². The van der Waals surface area contributed by atoms with E-state index in [9.17, 15) is 0 Å². The highest BCUT2D eigenvalue weighted by Crippen LogP contribution is 2.10. The molecule has 0 fully saturated rings. The summed E-state index contributed by atoms with van der Waals surface area (Å²) in [4.78, 5) is 14.0. The fourth-order valence-electron chi connectivity index (χ4n) is 2.12. The molecule has 0 saturated carbocycles. The molecule has 0 aliphatic heterocycles. The average Bonchev–Trinajstić information content (AvgIpc) is 2.93. The Labute approximate surface area is 135 Å². The molecular formula is C16H23N5S. The molecule has 22 heavy (non-hydrogen) atoms. The Bertz CT molecular complexity index is 621. The molecule has 0 aliphatic rings. The minimum absolute atomic E-state index is 0.833. The second-order valence-electron chi connectivity index (χ2n) is 5.09. The highest BCUT2D eigenvalue weighted by molar-refractivity contribution is 7.11. The molecule has 0 atom stereocenters. The number of rotatable bonds is 6. The van der Waals surface area contributed by atoms with Gasteiger partial charge in [-0.3, -0.25) is 9.98 Å². The van der Waals surface area contributed by atoms with Crippen LogP contribution >= 0.6 is 11.3 Å². The van der Waals surface area contributed by atoms with Crippen LogP contribution in [0.25, 0.3) is 0 Å². The first-order valence-electron chi connectivity index (χ1n) is 7.44. The molecule has 2 N–H and O–H groups in total. The number of pyridine rings is 1. The number of aliphatic imine (C=N–C) groups is 1. The fraction of sp³-hybridized carbons (Fsp3) is 0.438. The van der Waals surface area contributed by atoms with Gasteiger partial charge in [0.2, 0.25) is 0 Å². The van der Waals surface area contributed by atoms with Gasteiger partial charge in [-0.25, -0.2) is 4.98 Å². The van der Waals surface area contributed by atoms with Crippen molar-refractivity contribution in [1.29, 1.82) is 0 Å². The summed E-state index contributed by atoms with van der Waals surface area (Å²) < 4.78 is 0. The highest BCUT2D eigenvalue weighted by atomic mass is 32.1. The van der Waals surface area contributed by atoms with E-state index in [1.807, 2.05) is 18.6 Å². The summed E-state index contributed by atoms with van der Waals surface area (Å²) in [6, 6.07) is 2.07. The monoisotopic (exact) mass is 317 g/mol. The SMILES string of the molecule is CN=C(NCCc1ncc(C)s1)NCCc1ccncc1C. The van der Waals surface area contributed by atoms with Crippen molar-refractivity contribution in [3.05, 3.63) is 45.7 Å². The van der Waals surface area contributed by atoms with Gasteiger partial charge in [0.1, 0.15) is 0 Å². The van der Waals surface area contributed by atoms with E-state index >= 15 is 0 Å². The van der Waals surface area contributed by atoms with Crippen LogP contribution in [0.2, 0.25) is 0 Å². The molecule has 2 aromatic heterocycles. The molecule has 0 amide bonds. The van der Waals surface area contributed by atoms with Crippen LogP contribution in [-0.2, 0) is 12.8 Å². The number of aromatic nitrogens is 2. The number of nitrogens with one attached hydrogen (secondary N) is 2. The van der Waals surface area contributed by atoms with Crippen molar-refractivity contribution in [2.45, 2.75) is 26.7 Å². The van der Waals surface area contributed by atoms with Crippen molar-refractivity contribution in [3.63, 3.8) is 0 Å². The first kappa shape index (κ1) is 16.4. The second kappa shape index (κ2) is 8.48. The Kier molecular flexibility index (Phi) is 6.33. The average molecular weight is 317 g/mol. The van der Waals surface area contributed by atoms with E-state index in [2.05, 4.69) is 45.5 Å². The molecule has 118 valence electrons. The number of hydrogen-bond acceptors (Lipinski definition) is 4. The molecule has 5 nitrogen and oxygen atoms in total. The van der Waals surface area contributed by atoms with E-state index in [0.29, 0.717) is 0 Å². The van der Waals surface area contributed by atoms with E-state index in [0.717, 1.165) is 36.9 Å². The first-order valence-corrected chi connectivity index (χ1v) is 8.26. The van der Waals surface area contributed by atoms with Crippen LogP contribution in [0.4, 0.5) is 0 Å². The molecule has 0 unspecified atom stereocenters. The van der Waals surface area contributed by atoms with Crippen LogP contribution in [0.15, 0.2) is 29.6 Å². The molecule has 6 heteroatoms. The smallest absolute Gasteiger partial charge is 0.191 e. The molecule has 2 heterocycles. The highest BCUT2D eigenvalue weighted by Gasteiger charge is 2.02. The van der Waals surface area contributed by atoms with Gasteiger partial charge in [0.15, 0.2) is 5.96 Å². The lowest BCUT2D eigenvalue weighted by molar-refractivity contribution is 0.780. The Morgan fingerprint density at radius 2 is 1.95 bits per heavy atom. The van der Waals surface area contributed by atoms with Crippen LogP contribution in [0.1, 0.15) is 21.0 Å². The van der Waals surface area contributed by atoms with Gasteiger partial charge in [-0.2, -0.15) is 0 Å². The molecule has 0 saturated heterocycles. The molecular weight excluding hydrogens is 294 g/mol. The van der Waals surface area contributed by atoms with Crippen molar-refractivity contribution < 1.29 is 0 Å². The lowest BCUT2D eigenvalue weighted by Gasteiger charge is -2.12. The van der Waals surface area contributed by atoms with Gasteiger partial charge in [0, 0.05) is 50.0 Å². The molecule has 2 rings (SSSR count). The zero-order valence-electron chi connectivity index (χ0n) is 13.4. The second-order valence-corrected chi connectivity index (χ2v) is 6.41. The van der Waals surface area contributed by atoms with Crippen molar-refractivity contribution in [1.82, 2.24) is 20.6 Å². The summed E-state index contributed by atoms with van der Waals surface area (Å²) in [7, 11) is 1.79. The number of guanidine groups is 1. The van der Waals surface area contributed by atoms with Crippen molar-refractivity contribution >= 4 is 17.3 Å². The van der Waals surface area contributed by atoms with Crippen LogP contribution in [0.3, 0.4) is 0 Å². The Hall–Kier alpha value is -1.95. The minimum atomic E-state index is 0.833. The van der Waals surface area contributed by atoms with Crippen LogP contribution in [0, 0.1) is 13.8 Å². The molecule has 0 aromatic carbocycles. The summed E-state index contributed by atoms with van der Waals surface area (Å²) in [5, 5.41) is 7.82. The summed E-state index contributed by atoms with van der Waals surface area (Å²) in [5.41, 5.74) is 2.54. The maximum Gasteiger partial charge on any atom is 0.191 e. The molecule has 0 aliphatic carbocycles. The van der Waals surface area contributed by atoms with Gasteiger partial charge >= 0.3 is 0 Å². The molecule has 0 bridgehead atoms. The predicted molar refractivity (Wildman–Crippen MR) is 92.6 cm³/mol. The topological polar surface area (TPSA) is 62.2 Å².